The maximum absolute atomic E-state index is 13.4. The Morgan fingerprint density at radius 3 is 2.33 bits per heavy atom. The molecule has 8 rings (SSSR count). The molecule has 0 spiro atoms. The molecule has 0 bridgehead atoms. The van der Waals surface area contributed by atoms with Gasteiger partial charge in [-0.3, -0.25) is 39.1 Å². The highest BCUT2D eigenvalue weighted by molar-refractivity contribution is 6.32. The zero-order chi connectivity index (χ0) is 39.8. The van der Waals surface area contributed by atoms with Crippen molar-refractivity contribution in [3.8, 4) is 11.8 Å². The van der Waals surface area contributed by atoms with Gasteiger partial charge in [0.1, 0.15) is 24.5 Å². The van der Waals surface area contributed by atoms with Crippen LogP contribution >= 0.6 is 11.6 Å². The van der Waals surface area contributed by atoms with Gasteiger partial charge in [0, 0.05) is 80.8 Å². The molecule has 2 N–H and O–H groups in total. The lowest BCUT2D eigenvalue weighted by molar-refractivity contribution is -0.136. The number of nitriles is 1. The monoisotopic (exact) mass is 791 g/mol. The summed E-state index contributed by atoms with van der Waals surface area (Å²) in [6.07, 6.45) is 5.90. The van der Waals surface area contributed by atoms with Crippen molar-refractivity contribution in [2.45, 2.75) is 76.0 Å². The second-order valence-corrected chi connectivity index (χ2v) is 16.3. The third-order valence-corrected chi connectivity index (χ3v) is 12.7. The molecule has 3 aromatic rings. The van der Waals surface area contributed by atoms with Gasteiger partial charge in [0.15, 0.2) is 0 Å². The average Bonchev–Trinajstić information content (AvgIpc) is 3.32. The lowest BCUT2D eigenvalue weighted by Crippen LogP contribution is -2.54. The minimum Gasteiger partial charge on any atom is -0.492 e. The number of fused-ring (bicyclic) bond motifs is 2. The number of hydrogen-bond acceptors (Lipinski definition) is 10. The van der Waals surface area contributed by atoms with Crippen molar-refractivity contribution in [2.75, 3.05) is 49.6 Å². The van der Waals surface area contributed by atoms with Crippen LogP contribution in [0.25, 0.3) is 0 Å². The van der Waals surface area contributed by atoms with Crippen LogP contribution in [-0.2, 0) is 16.1 Å². The molecule has 0 radical (unpaired) electrons. The molecular weight excluding hydrogens is 746 g/mol. The fraction of sp³-hybridized carbons (Fsp3) is 0.442. The maximum atomic E-state index is 13.4. The summed E-state index contributed by atoms with van der Waals surface area (Å²) in [5.74, 6) is -1.07. The second-order valence-electron chi connectivity index (χ2n) is 15.9. The molecule has 14 heteroatoms. The highest BCUT2D eigenvalue weighted by atomic mass is 35.5. The number of amides is 5. The molecular formula is C43H46ClN7O6. The number of imide groups is 2. The zero-order valence-electron chi connectivity index (χ0n) is 32.0. The lowest BCUT2D eigenvalue weighted by atomic mass is 9.90. The van der Waals surface area contributed by atoms with E-state index in [0.29, 0.717) is 47.0 Å². The van der Waals surface area contributed by atoms with Gasteiger partial charge in [0.25, 0.3) is 17.7 Å². The SMILES string of the molecule is CN(c1ccc(C#N)c(Cl)c1)[C@H]1CC[C@H](NC(=O)c2ccc(N3CCC(CN4CCOc5cc6c(cc5C4)C(=O)N(C4CCC(=O)NC4=O)C6=O)CC3)cc2)CC1. The van der Waals surface area contributed by atoms with Crippen molar-refractivity contribution >= 4 is 52.5 Å². The fourth-order valence-electron chi connectivity index (χ4n) is 9.02. The summed E-state index contributed by atoms with van der Waals surface area (Å²) in [6.45, 7) is 4.45. The largest absolute Gasteiger partial charge is 0.492 e. The third kappa shape index (κ3) is 7.93. The number of hydrogen-bond donors (Lipinski definition) is 2. The lowest BCUT2D eigenvalue weighted by Gasteiger charge is -2.36. The van der Waals surface area contributed by atoms with Crippen molar-refractivity contribution in [1.82, 2.24) is 20.4 Å². The van der Waals surface area contributed by atoms with Crippen LogP contribution in [0.4, 0.5) is 11.4 Å². The summed E-state index contributed by atoms with van der Waals surface area (Å²) in [4.78, 5) is 72.0. The Labute approximate surface area is 336 Å². The van der Waals surface area contributed by atoms with Gasteiger partial charge in [-0.05, 0) is 105 Å². The van der Waals surface area contributed by atoms with Gasteiger partial charge in [-0.15, -0.1) is 0 Å². The first-order chi connectivity index (χ1) is 27.6. The van der Waals surface area contributed by atoms with E-state index in [1.54, 1.807) is 18.2 Å². The van der Waals surface area contributed by atoms with Gasteiger partial charge < -0.3 is 19.9 Å². The molecule has 4 aliphatic heterocycles. The molecule has 13 nitrogen and oxygen atoms in total. The van der Waals surface area contributed by atoms with Gasteiger partial charge in [0.05, 0.1) is 21.7 Å². The molecule has 5 aliphatic rings. The Hall–Kier alpha value is -5.45. The molecule has 57 heavy (non-hydrogen) atoms. The van der Waals surface area contributed by atoms with Crippen molar-refractivity contribution in [1.29, 1.82) is 5.26 Å². The smallest absolute Gasteiger partial charge is 0.262 e. The zero-order valence-corrected chi connectivity index (χ0v) is 32.7. The molecule has 1 atom stereocenters. The topological polar surface area (TPSA) is 155 Å². The number of nitrogens with zero attached hydrogens (tertiary/aromatic N) is 5. The van der Waals surface area contributed by atoms with E-state index in [1.165, 1.54) is 0 Å². The van der Waals surface area contributed by atoms with Crippen LogP contribution in [0.2, 0.25) is 5.02 Å². The van der Waals surface area contributed by atoms with Crippen LogP contribution in [0.5, 0.6) is 5.75 Å². The Bertz CT molecular complexity index is 2140. The summed E-state index contributed by atoms with van der Waals surface area (Å²) in [6, 6.07) is 18.4. The number of nitrogens with one attached hydrogen (secondary N) is 2. The van der Waals surface area contributed by atoms with Crippen molar-refractivity contribution in [2.24, 2.45) is 5.92 Å². The predicted molar refractivity (Wildman–Crippen MR) is 213 cm³/mol. The van der Waals surface area contributed by atoms with Gasteiger partial charge in [-0.1, -0.05) is 11.6 Å². The summed E-state index contributed by atoms with van der Waals surface area (Å²) >= 11 is 6.27. The number of halogens is 1. The summed E-state index contributed by atoms with van der Waals surface area (Å²) in [7, 11) is 2.05. The molecule has 0 aromatic heterocycles. The van der Waals surface area contributed by atoms with Crippen LogP contribution in [0, 0.1) is 17.2 Å². The number of carbonyl (C=O) groups is 5. The fourth-order valence-corrected chi connectivity index (χ4v) is 9.24. The van der Waals surface area contributed by atoms with E-state index in [4.69, 9.17) is 16.3 Å². The second kappa shape index (κ2) is 16.2. The van der Waals surface area contributed by atoms with E-state index in [9.17, 15) is 29.2 Å². The number of carbonyl (C=O) groups excluding carboxylic acids is 5. The standard InChI is InChI=1S/C43H46ClN7O6/c1-48(33-9-4-28(23-45)36(44)21-33)31-10-5-30(6-11-31)46-40(53)27-2-7-32(8-3-27)50-16-14-26(15-17-50)24-49-18-19-57-38-22-35-34(20-29(38)25-49)42(55)51(43(35)56)37-12-13-39(52)47-41(37)54/h2-4,7-9,20-22,26,30-31,37H,5-6,10-19,24-25H2,1H3,(H,46,53)(H,47,52,54)/t30-,31-,37?. The van der Waals surface area contributed by atoms with Crippen LogP contribution in [0.15, 0.2) is 54.6 Å². The molecule has 296 valence electrons. The van der Waals surface area contributed by atoms with E-state index in [1.807, 2.05) is 36.4 Å². The first kappa shape index (κ1) is 38.4. The van der Waals surface area contributed by atoms with Crippen molar-refractivity contribution in [3.05, 3.63) is 87.4 Å². The Balaban J connectivity index is 0.802. The highest BCUT2D eigenvalue weighted by Crippen LogP contribution is 2.35. The van der Waals surface area contributed by atoms with Crippen LogP contribution in [0.1, 0.15) is 93.6 Å². The van der Waals surface area contributed by atoms with Gasteiger partial charge in [0.2, 0.25) is 11.8 Å². The number of piperidine rings is 2. The summed E-state index contributed by atoms with van der Waals surface area (Å²) < 4.78 is 6.08. The predicted octanol–water partition coefficient (Wildman–Crippen LogP) is 4.90. The first-order valence-corrected chi connectivity index (χ1v) is 20.3. The molecule has 1 unspecified atom stereocenters. The summed E-state index contributed by atoms with van der Waals surface area (Å²) in [5, 5.41) is 15.1. The number of anilines is 2. The number of benzene rings is 3. The van der Waals surface area contributed by atoms with Crippen molar-refractivity contribution < 1.29 is 28.7 Å². The minimum absolute atomic E-state index is 0.0495. The highest BCUT2D eigenvalue weighted by Gasteiger charge is 2.45. The van der Waals surface area contributed by atoms with Crippen molar-refractivity contribution in [3.63, 3.8) is 0 Å². The maximum Gasteiger partial charge on any atom is 0.262 e. The van der Waals surface area contributed by atoms with E-state index in [2.05, 4.69) is 38.5 Å². The van der Waals surface area contributed by atoms with Crippen LogP contribution in [0.3, 0.4) is 0 Å². The molecule has 2 saturated heterocycles. The molecule has 4 heterocycles. The minimum atomic E-state index is -1.01. The molecule has 1 saturated carbocycles. The molecule has 3 fully saturated rings. The summed E-state index contributed by atoms with van der Waals surface area (Å²) in [5.41, 5.74) is 4.55. The van der Waals surface area contributed by atoms with Crippen LogP contribution < -0.4 is 25.2 Å². The van der Waals surface area contributed by atoms with Gasteiger partial charge in [-0.2, -0.15) is 5.26 Å². The molecule has 3 aromatic carbocycles. The number of rotatable bonds is 8. The Kier molecular flexibility index (Phi) is 10.9. The quantitative estimate of drug-likeness (QED) is 0.301. The van der Waals surface area contributed by atoms with E-state index >= 15 is 0 Å². The van der Waals surface area contributed by atoms with Crippen LogP contribution in [-0.4, -0.2) is 97.3 Å². The van der Waals surface area contributed by atoms with Gasteiger partial charge in [-0.25, -0.2) is 0 Å². The van der Waals surface area contributed by atoms with E-state index < -0.39 is 29.7 Å². The molecule has 5 amide bonds. The molecule has 1 aliphatic carbocycles. The van der Waals surface area contributed by atoms with E-state index in [0.717, 1.165) is 86.5 Å². The Morgan fingerprint density at radius 1 is 0.930 bits per heavy atom. The first-order valence-electron chi connectivity index (χ1n) is 19.9. The van der Waals surface area contributed by atoms with E-state index in [-0.39, 0.29) is 35.9 Å². The average molecular weight is 792 g/mol. The third-order valence-electron chi connectivity index (χ3n) is 12.4. The Morgan fingerprint density at radius 2 is 1.65 bits per heavy atom. The normalized spacial score (nSPS) is 22.9. The van der Waals surface area contributed by atoms with Gasteiger partial charge >= 0.3 is 0 Å². The number of ether oxygens (including phenoxy) is 1.